The Balaban J connectivity index is 1.22. The van der Waals surface area contributed by atoms with Crippen LogP contribution in [0.15, 0.2) is 54.7 Å². The highest BCUT2D eigenvalue weighted by Crippen LogP contribution is 2.34. The number of aryl methyl sites for hydroxylation is 1. The Bertz CT molecular complexity index is 1250. The van der Waals surface area contributed by atoms with E-state index in [9.17, 15) is 4.79 Å². The lowest BCUT2D eigenvalue weighted by Crippen LogP contribution is -2.60. The number of pyridine rings is 1. The second-order valence-corrected chi connectivity index (χ2v) is 10.9. The Kier molecular flexibility index (Phi) is 7.01. The van der Waals surface area contributed by atoms with E-state index >= 15 is 0 Å². The zero-order valence-corrected chi connectivity index (χ0v) is 21.9. The monoisotopic (exact) mass is 498 g/mol. The molecule has 1 saturated carbocycles. The van der Waals surface area contributed by atoms with E-state index in [1.54, 1.807) is 7.11 Å². The van der Waals surface area contributed by atoms with Crippen molar-refractivity contribution in [3.63, 3.8) is 0 Å². The van der Waals surface area contributed by atoms with E-state index in [1.165, 1.54) is 36.2 Å². The predicted octanol–water partition coefficient (Wildman–Crippen LogP) is 5.31. The smallest absolute Gasteiger partial charge is 0.155 e. The number of carbonyl (C=O) groups excluding carboxylic acids is 1. The number of ether oxygens (including phenoxy) is 1. The van der Waals surface area contributed by atoms with Gasteiger partial charge in [0.2, 0.25) is 0 Å². The van der Waals surface area contributed by atoms with E-state index in [-0.39, 0.29) is 18.0 Å². The van der Waals surface area contributed by atoms with Crippen LogP contribution in [-0.2, 0) is 11.2 Å². The molecule has 2 unspecified atom stereocenters. The van der Waals surface area contributed by atoms with Gasteiger partial charge >= 0.3 is 0 Å². The number of methoxy groups -OCH3 is 1. The van der Waals surface area contributed by atoms with E-state index in [0.29, 0.717) is 5.78 Å². The molecule has 3 aromatic rings. The Hall–Kier alpha value is -3.12. The van der Waals surface area contributed by atoms with E-state index in [0.717, 1.165) is 68.5 Å². The number of rotatable bonds is 6. The lowest BCUT2D eigenvalue weighted by molar-refractivity contribution is -0.130. The fraction of sp³-hybridized carbons (Fsp3) is 0.484. The quantitative estimate of drug-likeness (QED) is 0.497. The largest absolute Gasteiger partial charge is 0.497 e. The molecule has 3 heterocycles. The Morgan fingerprint density at radius 3 is 2.62 bits per heavy atom. The lowest BCUT2D eigenvalue weighted by atomic mass is 9.80. The number of fused-ring (bicyclic) bond motifs is 2. The second kappa shape index (κ2) is 10.7. The third kappa shape index (κ3) is 4.91. The van der Waals surface area contributed by atoms with Crippen molar-refractivity contribution < 1.29 is 9.53 Å². The molecule has 0 radical (unpaired) electrons. The summed E-state index contributed by atoms with van der Waals surface area (Å²) < 4.78 is 5.40. The topological polar surface area (TPSA) is 57.7 Å². The highest BCUT2D eigenvalue weighted by molar-refractivity contribution is 5.92. The molecule has 194 valence electrons. The zero-order chi connectivity index (χ0) is 25.2. The van der Waals surface area contributed by atoms with Crippen molar-refractivity contribution in [1.29, 1.82) is 0 Å². The highest BCUT2D eigenvalue weighted by Gasteiger charge is 2.40. The van der Waals surface area contributed by atoms with Crippen molar-refractivity contribution in [2.24, 2.45) is 5.92 Å². The van der Waals surface area contributed by atoms with Crippen LogP contribution in [0, 0.1) is 5.92 Å². The van der Waals surface area contributed by atoms with E-state index in [4.69, 9.17) is 4.74 Å². The number of piperazine rings is 1. The van der Waals surface area contributed by atoms with Gasteiger partial charge in [-0.15, -0.1) is 0 Å². The van der Waals surface area contributed by atoms with E-state index in [1.807, 2.05) is 18.3 Å². The fourth-order valence-electron chi connectivity index (χ4n) is 6.72. The van der Waals surface area contributed by atoms with Crippen LogP contribution in [0.1, 0.15) is 44.1 Å². The van der Waals surface area contributed by atoms with Gasteiger partial charge in [-0.1, -0.05) is 37.5 Å². The van der Waals surface area contributed by atoms with Crippen molar-refractivity contribution in [2.45, 2.75) is 57.0 Å². The molecule has 2 atom stereocenters. The van der Waals surface area contributed by atoms with Gasteiger partial charge in [0.15, 0.2) is 5.78 Å². The molecule has 2 aliphatic heterocycles. The lowest BCUT2D eigenvalue weighted by Gasteiger charge is -2.45. The van der Waals surface area contributed by atoms with E-state index < -0.39 is 0 Å². The Morgan fingerprint density at radius 1 is 1.00 bits per heavy atom. The summed E-state index contributed by atoms with van der Waals surface area (Å²) in [5.74, 6) is 1.52. The fourth-order valence-corrected chi connectivity index (χ4v) is 6.72. The van der Waals surface area contributed by atoms with Crippen molar-refractivity contribution in [3.8, 4) is 5.75 Å². The molecule has 0 amide bonds. The summed E-state index contributed by atoms with van der Waals surface area (Å²) in [5, 5.41) is 4.95. The third-order valence-electron chi connectivity index (χ3n) is 8.74. The molecule has 1 aliphatic carbocycles. The summed E-state index contributed by atoms with van der Waals surface area (Å²) in [4.78, 5) is 23.6. The molecule has 3 aliphatic rings. The third-order valence-corrected chi connectivity index (χ3v) is 8.74. The molecule has 6 rings (SSSR count). The van der Waals surface area contributed by atoms with Gasteiger partial charge in [-0.25, -0.2) is 0 Å². The molecular weight excluding hydrogens is 460 g/mol. The van der Waals surface area contributed by atoms with Gasteiger partial charge in [0, 0.05) is 67.2 Å². The van der Waals surface area contributed by atoms with Crippen LogP contribution in [0.5, 0.6) is 5.75 Å². The summed E-state index contributed by atoms with van der Waals surface area (Å²) in [6, 6.07) is 17.0. The van der Waals surface area contributed by atoms with Crippen LogP contribution in [-0.4, -0.2) is 61.0 Å². The molecule has 1 aromatic heterocycles. The van der Waals surface area contributed by atoms with Gasteiger partial charge in [-0.2, -0.15) is 0 Å². The minimum atomic E-state index is -0.0583. The predicted molar refractivity (Wildman–Crippen MR) is 150 cm³/mol. The van der Waals surface area contributed by atoms with Gasteiger partial charge in [-0.05, 0) is 55.5 Å². The average molecular weight is 499 g/mol. The summed E-state index contributed by atoms with van der Waals surface area (Å²) in [6.07, 6.45) is 9.72. The van der Waals surface area contributed by atoms with Gasteiger partial charge < -0.3 is 15.0 Å². The number of ketones is 1. The first-order valence-electron chi connectivity index (χ1n) is 14.0. The number of anilines is 2. The van der Waals surface area contributed by atoms with Crippen LogP contribution in [0.2, 0.25) is 0 Å². The Labute approximate surface area is 220 Å². The van der Waals surface area contributed by atoms with Gasteiger partial charge in [0.1, 0.15) is 5.75 Å². The van der Waals surface area contributed by atoms with Gasteiger partial charge in [0.25, 0.3) is 0 Å². The SMILES string of the molecule is COc1ccc2c(N3CCN(C(C(=O)C4CCCCC4)C4CCc5ccccc5N4)CC3)ccnc2c1. The van der Waals surface area contributed by atoms with Crippen molar-refractivity contribution in [3.05, 3.63) is 60.3 Å². The van der Waals surface area contributed by atoms with Crippen molar-refractivity contribution >= 4 is 28.1 Å². The number of nitrogens with zero attached hydrogens (tertiary/aromatic N) is 3. The second-order valence-electron chi connectivity index (χ2n) is 10.9. The van der Waals surface area contributed by atoms with Crippen LogP contribution < -0.4 is 15.0 Å². The zero-order valence-electron chi connectivity index (χ0n) is 21.9. The summed E-state index contributed by atoms with van der Waals surface area (Å²) in [6.45, 7) is 3.59. The number of benzene rings is 2. The molecule has 1 N–H and O–H groups in total. The highest BCUT2D eigenvalue weighted by atomic mass is 16.5. The number of hydrogen-bond acceptors (Lipinski definition) is 6. The maximum Gasteiger partial charge on any atom is 0.155 e. The molecular formula is C31H38N4O2. The first kappa shape index (κ1) is 24.2. The number of carbonyl (C=O) groups is 1. The standard InChI is InChI=1S/C31H38N4O2/c1-37-24-12-13-25-28(21-24)32-16-15-29(25)34-17-19-35(20-18-34)30(31(36)23-8-3-2-4-9-23)27-14-11-22-7-5-6-10-26(22)33-27/h5-7,10,12-13,15-16,21,23,27,30,33H,2-4,8-9,11,14,17-20H2,1H3. The normalized spacial score (nSPS) is 21.8. The number of Topliss-reactive ketones (excluding diaryl/α,β-unsaturated/α-hetero) is 1. The van der Waals surface area contributed by atoms with Crippen LogP contribution in [0.3, 0.4) is 0 Å². The molecule has 37 heavy (non-hydrogen) atoms. The summed E-state index contributed by atoms with van der Waals surface area (Å²) >= 11 is 0. The molecule has 0 bridgehead atoms. The first-order valence-corrected chi connectivity index (χ1v) is 14.0. The molecule has 2 aromatic carbocycles. The van der Waals surface area contributed by atoms with Crippen molar-refractivity contribution in [2.75, 3.05) is 43.5 Å². The number of nitrogens with one attached hydrogen (secondary N) is 1. The first-order chi connectivity index (χ1) is 18.2. The molecule has 0 spiro atoms. The number of hydrogen-bond donors (Lipinski definition) is 1. The number of aromatic nitrogens is 1. The van der Waals surface area contributed by atoms with Crippen LogP contribution in [0.4, 0.5) is 11.4 Å². The van der Waals surface area contributed by atoms with Crippen LogP contribution >= 0.6 is 0 Å². The molecule has 2 fully saturated rings. The van der Waals surface area contributed by atoms with Gasteiger partial charge in [-0.3, -0.25) is 14.7 Å². The Morgan fingerprint density at radius 2 is 1.81 bits per heavy atom. The number of para-hydroxylation sites is 1. The maximum atomic E-state index is 14.1. The average Bonchev–Trinajstić information content (AvgIpc) is 2.97. The van der Waals surface area contributed by atoms with E-state index in [2.05, 4.69) is 56.5 Å². The summed E-state index contributed by atoms with van der Waals surface area (Å²) in [7, 11) is 1.69. The minimum absolute atomic E-state index is 0.0583. The molecule has 6 heteroatoms. The maximum absolute atomic E-state index is 14.1. The molecule has 6 nitrogen and oxygen atoms in total. The minimum Gasteiger partial charge on any atom is -0.497 e. The van der Waals surface area contributed by atoms with Crippen LogP contribution in [0.25, 0.3) is 10.9 Å². The van der Waals surface area contributed by atoms with Gasteiger partial charge in [0.05, 0.1) is 18.7 Å². The van der Waals surface area contributed by atoms with Crippen molar-refractivity contribution in [1.82, 2.24) is 9.88 Å². The molecule has 1 saturated heterocycles. The summed E-state index contributed by atoms with van der Waals surface area (Å²) in [5.41, 5.74) is 4.74.